The third kappa shape index (κ3) is 4.07. The Bertz CT molecular complexity index is 337. The van der Waals surface area contributed by atoms with Crippen molar-refractivity contribution < 1.29 is 9.84 Å². The summed E-state index contributed by atoms with van der Waals surface area (Å²) in [4.78, 5) is 1.20. The van der Waals surface area contributed by atoms with E-state index in [1.807, 2.05) is 17.5 Å². The first-order valence-electron chi connectivity index (χ1n) is 6.09. The van der Waals surface area contributed by atoms with Gasteiger partial charge in [-0.1, -0.05) is 19.9 Å². The number of rotatable bonds is 7. The Morgan fingerprint density at radius 2 is 2.41 bits per heavy atom. The van der Waals surface area contributed by atoms with Gasteiger partial charge in [-0.15, -0.1) is 11.3 Å². The van der Waals surface area contributed by atoms with E-state index in [0.717, 1.165) is 0 Å². The Hall–Kier alpha value is -0.420. The first-order valence-corrected chi connectivity index (χ1v) is 6.97. The van der Waals surface area contributed by atoms with Crippen molar-refractivity contribution in [3.63, 3.8) is 0 Å². The van der Waals surface area contributed by atoms with Crippen LogP contribution in [0.25, 0.3) is 0 Å². The molecule has 2 N–H and O–H groups in total. The Balaban J connectivity index is 1.54. The molecule has 0 aliphatic heterocycles. The molecule has 2 atom stereocenters. The molecule has 0 saturated heterocycles. The molecule has 1 aliphatic carbocycles. The first kappa shape index (κ1) is 13.0. The fourth-order valence-electron chi connectivity index (χ4n) is 1.84. The zero-order valence-corrected chi connectivity index (χ0v) is 11.3. The molecule has 1 aromatic heterocycles. The van der Waals surface area contributed by atoms with Crippen LogP contribution in [0.1, 0.15) is 25.1 Å². The molecule has 17 heavy (non-hydrogen) atoms. The SMILES string of the molecule is CC1(C)CC1NCC(O)COCc1cccs1. The van der Waals surface area contributed by atoms with E-state index in [4.69, 9.17) is 4.74 Å². The van der Waals surface area contributed by atoms with E-state index >= 15 is 0 Å². The molecular formula is C13H21NO2S. The molecule has 0 amide bonds. The van der Waals surface area contributed by atoms with Crippen LogP contribution in [-0.2, 0) is 11.3 Å². The van der Waals surface area contributed by atoms with Crippen molar-refractivity contribution in [2.75, 3.05) is 13.2 Å². The van der Waals surface area contributed by atoms with Gasteiger partial charge >= 0.3 is 0 Å². The Labute approximate surface area is 107 Å². The topological polar surface area (TPSA) is 41.5 Å². The highest BCUT2D eigenvalue weighted by atomic mass is 32.1. The van der Waals surface area contributed by atoms with Crippen LogP contribution in [-0.4, -0.2) is 30.4 Å². The van der Waals surface area contributed by atoms with Crippen molar-refractivity contribution >= 4 is 11.3 Å². The molecule has 1 aromatic rings. The zero-order chi connectivity index (χ0) is 12.3. The molecule has 2 rings (SSSR count). The molecule has 1 aliphatic rings. The molecule has 1 saturated carbocycles. The second-order valence-corrected chi connectivity index (χ2v) is 6.43. The van der Waals surface area contributed by atoms with Crippen LogP contribution in [0.5, 0.6) is 0 Å². The van der Waals surface area contributed by atoms with E-state index < -0.39 is 6.10 Å². The van der Waals surface area contributed by atoms with Crippen LogP contribution in [0.3, 0.4) is 0 Å². The van der Waals surface area contributed by atoms with Gasteiger partial charge in [0.05, 0.1) is 19.3 Å². The number of aliphatic hydroxyl groups excluding tert-OH is 1. The monoisotopic (exact) mass is 255 g/mol. The minimum atomic E-state index is -0.411. The lowest BCUT2D eigenvalue weighted by Crippen LogP contribution is -2.33. The van der Waals surface area contributed by atoms with Gasteiger partial charge in [0, 0.05) is 17.5 Å². The second-order valence-electron chi connectivity index (χ2n) is 5.40. The minimum absolute atomic E-state index is 0.401. The maximum absolute atomic E-state index is 9.74. The van der Waals surface area contributed by atoms with Crippen LogP contribution >= 0.6 is 11.3 Å². The van der Waals surface area contributed by atoms with Crippen LogP contribution in [0, 0.1) is 5.41 Å². The number of hydrogen-bond acceptors (Lipinski definition) is 4. The fraction of sp³-hybridized carbons (Fsp3) is 0.692. The molecule has 2 unspecified atom stereocenters. The van der Waals surface area contributed by atoms with Crippen molar-refractivity contribution in [1.29, 1.82) is 0 Å². The van der Waals surface area contributed by atoms with Gasteiger partial charge in [0.2, 0.25) is 0 Å². The standard InChI is InChI=1S/C13H21NO2S/c1-13(2)6-12(13)14-7-10(15)8-16-9-11-4-3-5-17-11/h3-5,10,12,14-15H,6-9H2,1-2H3. The largest absolute Gasteiger partial charge is 0.389 e. The third-order valence-corrected chi connectivity index (χ3v) is 4.10. The predicted molar refractivity (Wildman–Crippen MR) is 70.2 cm³/mol. The van der Waals surface area contributed by atoms with Crippen LogP contribution in [0.15, 0.2) is 17.5 Å². The zero-order valence-electron chi connectivity index (χ0n) is 10.5. The summed E-state index contributed by atoms with van der Waals surface area (Å²) in [7, 11) is 0. The van der Waals surface area contributed by atoms with Gasteiger partial charge in [0.15, 0.2) is 0 Å². The minimum Gasteiger partial charge on any atom is -0.389 e. The highest BCUT2D eigenvalue weighted by Crippen LogP contribution is 2.44. The number of nitrogens with one attached hydrogen (secondary N) is 1. The molecule has 0 radical (unpaired) electrons. The van der Waals surface area contributed by atoms with E-state index in [1.165, 1.54) is 11.3 Å². The number of thiophene rings is 1. The average molecular weight is 255 g/mol. The van der Waals surface area contributed by atoms with Gasteiger partial charge in [-0.3, -0.25) is 0 Å². The van der Waals surface area contributed by atoms with Crippen molar-refractivity contribution in [3.05, 3.63) is 22.4 Å². The van der Waals surface area contributed by atoms with Gasteiger partial charge < -0.3 is 15.2 Å². The molecule has 4 heteroatoms. The molecule has 0 aromatic carbocycles. The van der Waals surface area contributed by atoms with Gasteiger partial charge in [-0.2, -0.15) is 0 Å². The van der Waals surface area contributed by atoms with Crippen molar-refractivity contribution in [2.45, 2.75) is 39.0 Å². The number of aliphatic hydroxyl groups is 1. The molecule has 1 heterocycles. The quantitative estimate of drug-likeness (QED) is 0.783. The Kier molecular flexibility index (Phi) is 4.20. The lowest BCUT2D eigenvalue weighted by atomic mass is 10.2. The van der Waals surface area contributed by atoms with Gasteiger partial charge in [0.1, 0.15) is 0 Å². The molecular weight excluding hydrogens is 234 g/mol. The van der Waals surface area contributed by atoms with Crippen LogP contribution < -0.4 is 5.32 Å². The second kappa shape index (κ2) is 5.48. The smallest absolute Gasteiger partial charge is 0.0897 e. The van der Waals surface area contributed by atoms with Crippen molar-refractivity contribution in [2.24, 2.45) is 5.41 Å². The van der Waals surface area contributed by atoms with E-state index in [1.54, 1.807) is 11.3 Å². The van der Waals surface area contributed by atoms with E-state index in [-0.39, 0.29) is 0 Å². The first-order chi connectivity index (χ1) is 8.08. The summed E-state index contributed by atoms with van der Waals surface area (Å²) in [6.45, 7) is 6.11. The lowest BCUT2D eigenvalue weighted by molar-refractivity contribution is 0.0294. The summed E-state index contributed by atoms with van der Waals surface area (Å²) in [6.07, 6.45) is 0.793. The molecule has 0 bridgehead atoms. The average Bonchev–Trinajstić information content (AvgIpc) is 2.67. The molecule has 1 fully saturated rings. The molecule has 0 spiro atoms. The highest BCUT2D eigenvalue weighted by Gasteiger charge is 2.45. The fourth-order valence-corrected chi connectivity index (χ4v) is 2.48. The van der Waals surface area contributed by atoms with Gasteiger partial charge in [-0.05, 0) is 23.3 Å². The Morgan fingerprint density at radius 1 is 1.65 bits per heavy atom. The van der Waals surface area contributed by atoms with E-state index in [2.05, 4.69) is 19.2 Å². The predicted octanol–water partition coefficient (Wildman–Crippen LogP) is 2.01. The normalized spacial score (nSPS) is 23.6. The summed E-state index contributed by atoms with van der Waals surface area (Å²) >= 11 is 1.68. The number of ether oxygens (including phenoxy) is 1. The molecule has 96 valence electrons. The summed E-state index contributed by atoms with van der Waals surface area (Å²) in [5.74, 6) is 0. The van der Waals surface area contributed by atoms with Crippen LogP contribution in [0.2, 0.25) is 0 Å². The van der Waals surface area contributed by atoms with Crippen LogP contribution in [0.4, 0.5) is 0 Å². The molecule has 3 nitrogen and oxygen atoms in total. The third-order valence-electron chi connectivity index (χ3n) is 3.25. The maximum atomic E-state index is 9.74. The van der Waals surface area contributed by atoms with Gasteiger partial charge in [-0.25, -0.2) is 0 Å². The number of hydrogen-bond donors (Lipinski definition) is 2. The summed E-state index contributed by atoms with van der Waals surface area (Å²) in [5, 5.41) is 15.1. The Morgan fingerprint density at radius 3 is 3.00 bits per heavy atom. The van der Waals surface area contributed by atoms with Gasteiger partial charge in [0.25, 0.3) is 0 Å². The van der Waals surface area contributed by atoms with E-state index in [0.29, 0.717) is 31.2 Å². The highest BCUT2D eigenvalue weighted by molar-refractivity contribution is 7.09. The lowest BCUT2D eigenvalue weighted by Gasteiger charge is -2.12. The summed E-state index contributed by atoms with van der Waals surface area (Å²) < 4.78 is 5.46. The summed E-state index contributed by atoms with van der Waals surface area (Å²) in [6, 6.07) is 4.62. The van der Waals surface area contributed by atoms with Crippen molar-refractivity contribution in [3.8, 4) is 0 Å². The van der Waals surface area contributed by atoms with Crippen molar-refractivity contribution in [1.82, 2.24) is 5.32 Å². The summed E-state index contributed by atoms with van der Waals surface area (Å²) in [5.41, 5.74) is 0.414. The maximum Gasteiger partial charge on any atom is 0.0897 e. The van der Waals surface area contributed by atoms with E-state index in [9.17, 15) is 5.11 Å².